The number of ether oxygens (including phenoxy) is 3. The van der Waals surface area contributed by atoms with Crippen LogP contribution in [0.5, 0.6) is 11.5 Å². The first-order valence-corrected chi connectivity index (χ1v) is 9.18. The number of hydrogen-bond acceptors (Lipinski definition) is 8. The van der Waals surface area contributed by atoms with Crippen LogP contribution < -0.4 is 20.1 Å². The molecule has 1 aliphatic rings. The first-order chi connectivity index (χ1) is 13.7. The molecule has 1 aromatic heterocycles. The van der Waals surface area contributed by atoms with Crippen LogP contribution in [0.1, 0.15) is 0 Å². The molecule has 2 N–H and O–H groups in total. The van der Waals surface area contributed by atoms with E-state index in [2.05, 4.69) is 25.7 Å². The van der Waals surface area contributed by atoms with Crippen LogP contribution in [0.25, 0.3) is 0 Å². The van der Waals surface area contributed by atoms with Crippen LogP contribution in [0.15, 0.2) is 36.4 Å². The number of anilines is 2. The van der Waals surface area contributed by atoms with Crippen molar-refractivity contribution >= 4 is 17.5 Å². The van der Waals surface area contributed by atoms with Crippen LogP contribution in [-0.2, 0) is 9.53 Å². The fourth-order valence-electron chi connectivity index (χ4n) is 2.72. The molecule has 1 fully saturated rings. The van der Waals surface area contributed by atoms with Crippen LogP contribution in [0.4, 0.5) is 11.6 Å². The Balaban J connectivity index is 1.40. The van der Waals surface area contributed by atoms with Gasteiger partial charge in [-0.05, 0) is 24.3 Å². The molecule has 1 saturated heterocycles. The number of nitrogens with one attached hydrogen (secondary N) is 2. The van der Waals surface area contributed by atoms with Gasteiger partial charge in [0.05, 0.1) is 20.3 Å². The third kappa shape index (κ3) is 6.07. The lowest BCUT2D eigenvalue weighted by atomic mass is 10.3. The number of morpholine rings is 1. The number of para-hydroxylation sites is 2. The second kappa shape index (κ2) is 10.4. The van der Waals surface area contributed by atoms with Gasteiger partial charge < -0.3 is 24.8 Å². The number of rotatable bonds is 9. The van der Waals surface area contributed by atoms with Gasteiger partial charge in [-0.1, -0.05) is 12.1 Å². The van der Waals surface area contributed by atoms with Gasteiger partial charge in [0.1, 0.15) is 5.82 Å². The quantitative estimate of drug-likeness (QED) is 0.663. The second-order valence-corrected chi connectivity index (χ2v) is 6.17. The van der Waals surface area contributed by atoms with E-state index in [1.54, 1.807) is 31.4 Å². The minimum Gasteiger partial charge on any atom is -0.493 e. The third-order valence-electron chi connectivity index (χ3n) is 4.20. The Kier molecular flexibility index (Phi) is 7.39. The lowest BCUT2D eigenvalue weighted by Gasteiger charge is -2.26. The average Bonchev–Trinajstić information content (AvgIpc) is 2.74. The molecule has 150 valence electrons. The van der Waals surface area contributed by atoms with Crippen LogP contribution in [0.2, 0.25) is 0 Å². The van der Waals surface area contributed by atoms with E-state index in [1.165, 1.54) is 0 Å². The highest BCUT2D eigenvalue weighted by Crippen LogP contribution is 2.25. The molecule has 9 heteroatoms. The Hall–Kier alpha value is -2.91. The number of methoxy groups -OCH3 is 1. The Morgan fingerprint density at radius 3 is 2.54 bits per heavy atom. The number of nitrogens with zero attached hydrogens (tertiary/aromatic N) is 3. The largest absolute Gasteiger partial charge is 0.493 e. The van der Waals surface area contributed by atoms with Crippen molar-refractivity contribution < 1.29 is 19.0 Å². The smallest absolute Gasteiger partial charge is 0.263 e. The van der Waals surface area contributed by atoms with E-state index in [-0.39, 0.29) is 12.5 Å². The summed E-state index contributed by atoms with van der Waals surface area (Å²) in [6.45, 7) is 5.02. The lowest BCUT2D eigenvalue weighted by Crippen LogP contribution is -2.39. The van der Waals surface area contributed by atoms with Crippen molar-refractivity contribution in [2.45, 2.75) is 0 Å². The highest BCUT2D eigenvalue weighted by molar-refractivity contribution is 5.90. The van der Waals surface area contributed by atoms with E-state index in [4.69, 9.17) is 14.2 Å². The van der Waals surface area contributed by atoms with Crippen LogP contribution >= 0.6 is 0 Å². The van der Waals surface area contributed by atoms with Crippen molar-refractivity contribution in [3.05, 3.63) is 36.4 Å². The van der Waals surface area contributed by atoms with E-state index in [1.807, 2.05) is 12.1 Å². The van der Waals surface area contributed by atoms with Crippen LogP contribution in [0, 0.1) is 0 Å². The summed E-state index contributed by atoms with van der Waals surface area (Å²) in [4.78, 5) is 14.4. The van der Waals surface area contributed by atoms with Crippen molar-refractivity contribution in [1.29, 1.82) is 0 Å². The number of amides is 1. The molecular formula is C19H25N5O4. The maximum absolute atomic E-state index is 12.0. The highest BCUT2D eigenvalue weighted by atomic mass is 16.5. The van der Waals surface area contributed by atoms with Crippen molar-refractivity contribution in [1.82, 2.24) is 15.1 Å². The van der Waals surface area contributed by atoms with Crippen LogP contribution in [0.3, 0.4) is 0 Å². The minimum atomic E-state index is -0.326. The van der Waals surface area contributed by atoms with Gasteiger partial charge in [0, 0.05) is 26.2 Å². The summed E-state index contributed by atoms with van der Waals surface area (Å²) in [5, 5.41) is 14.0. The van der Waals surface area contributed by atoms with Gasteiger partial charge in [-0.3, -0.25) is 9.69 Å². The molecule has 0 bridgehead atoms. The topological polar surface area (TPSA) is 97.8 Å². The second-order valence-electron chi connectivity index (χ2n) is 6.17. The summed E-state index contributed by atoms with van der Waals surface area (Å²) < 4.78 is 16.0. The lowest BCUT2D eigenvalue weighted by molar-refractivity contribution is -0.118. The Morgan fingerprint density at radius 1 is 1.11 bits per heavy atom. The van der Waals surface area contributed by atoms with Crippen molar-refractivity contribution in [2.75, 3.05) is 63.7 Å². The molecule has 9 nitrogen and oxygen atoms in total. The zero-order valence-corrected chi connectivity index (χ0v) is 15.9. The Bertz CT molecular complexity index is 750. The van der Waals surface area contributed by atoms with Crippen molar-refractivity contribution in [3.63, 3.8) is 0 Å². The molecule has 2 heterocycles. The minimum absolute atomic E-state index is 0.151. The van der Waals surface area contributed by atoms with Crippen molar-refractivity contribution in [2.24, 2.45) is 0 Å². The standard InChI is InChI=1S/C19H25N5O4/c1-26-15-4-2-3-5-16(15)28-14-19(25)21-18-7-6-17(22-23-18)20-8-9-24-10-12-27-13-11-24/h2-7H,8-14H2,1H3,(H,20,22)(H,21,23,25). The Morgan fingerprint density at radius 2 is 1.82 bits per heavy atom. The fraction of sp³-hybridized carbons (Fsp3) is 0.421. The summed E-state index contributed by atoms with van der Waals surface area (Å²) in [5.74, 6) is 1.78. The van der Waals surface area contributed by atoms with Gasteiger partial charge in [-0.2, -0.15) is 0 Å². The molecule has 0 atom stereocenters. The number of carbonyl (C=O) groups is 1. The summed E-state index contributed by atoms with van der Waals surface area (Å²) >= 11 is 0. The van der Waals surface area contributed by atoms with Gasteiger partial charge in [0.2, 0.25) is 0 Å². The molecule has 0 unspecified atom stereocenters. The van der Waals surface area contributed by atoms with Gasteiger partial charge in [-0.25, -0.2) is 0 Å². The molecule has 2 aromatic rings. The van der Waals surface area contributed by atoms with Crippen LogP contribution in [-0.4, -0.2) is 74.1 Å². The zero-order valence-electron chi connectivity index (χ0n) is 15.9. The summed E-state index contributed by atoms with van der Waals surface area (Å²) in [7, 11) is 1.55. The first kappa shape index (κ1) is 19.8. The molecule has 1 aliphatic heterocycles. The SMILES string of the molecule is COc1ccccc1OCC(=O)Nc1ccc(NCCN2CCOCC2)nn1. The van der Waals surface area contributed by atoms with Gasteiger partial charge in [0.25, 0.3) is 5.91 Å². The normalized spacial score (nSPS) is 14.3. The molecule has 0 radical (unpaired) electrons. The zero-order chi connectivity index (χ0) is 19.6. The monoisotopic (exact) mass is 387 g/mol. The van der Waals surface area contributed by atoms with Gasteiger partial charge in [-0.15, -0.1) is 10.2 Å². The van der Waals surface area contributed by atoms with E-state index in [0.29, 0.717) is 23.1 Å². The fourth-order valence-corrected chi connectivity index (χ4v) is 2.72. The van der Waals surface area contributed by atoms with E-state index in [0.717, 1.165) is 39.4 Å². The average molecular weight is 387 g/mol. The summed E-state index contributed by atoms with van der Waals surface area (Å²) in [6, 6.07) is 10.6. The number of carbonyl (C=O) groups excluding carboxylic acids is 1. The first-order valence-electron chi connectivity index (χ1n) is 9.18. The molecular weight excluding hydrogens is 362 g/mol. The molecule has 1 amide bonds. The van der Waals surface area contributed by atoms with Gasteiger partial charge in [0.15, 0.2) is 23.9 Å². The third-order valence-corrected chi connectivity index (χ3v) is 4.20. The van der Waals surface area contributed by atoms with E-state index < -0.39 is 0 Å². The molecule has 3 rings (SSSR count). The molecule has 28 heavy (non-hydrogen) atoms. The predicted molar refractivity (Wildman–Crippen MR) is 105 cm³/mol. The molecule has 1 aromatic carbocycles. The predicted octanol–water partition coefficient (Wildman–Crippen LogP) is 1.25. The molecule has 0 spiro atoms. The summed E-state index contributed by atoms with van der Waals surface area (Å²) in [5.41, 5.74) is 0. The number of hydrogen-bond donors (Lipinski definition) is 2. The number of benzene rings is 1. The van der Waals surface area contributed by atoms with E-state index >= 15 is 0 Å². The summed E-state index contributed by atoms with van der Waals surface area (Å²) in [6.07, 6.45) is 0. The maximum Gasteiger partial charge on any atom is 0.263 e. The highest BCUT2D eigenvalue weighted by Gasteiger charge is 2.10. The van der Waals surface area contributed by atoms with E-state index in [9.17, 15) is 4.79 Å². The Labute approximate surface area is 164 Å². The maximum atomic E-state index is 12.0. The van der Waals surface area contributed by atoms with Crippen molar-refractivity contribution in [3.8, 4) is 11.5 Å². The molecule has 0 saturated carbocycles. The molecule has 0 aliphatic carbocycles. The number of aromatic nitrogens is 2. The van der Waals surface area contributed by atoms with Gasteiger partial charge >= 0.3 is 0 Å².